The number of nitrogens with zero attached hydrogens (tertiary/aromatic N) is 2. The van der Waals surface area contributed by atoms with Crippen molar-refractivity contribution in [3.63, 3.8) is 0 Å². The first-order valence-electron chi connectivity index (χ1n) is 8.13. The first-order chi connectivity index (χ1) is 9.53. The highest BCUT2D eigenvalue weighted by Crippen LogP contribution is 2.44. The van der Waals surface area contributed by atoms with E-state index in [2.05, 4.69) is 35.6 Å². The Morgan fingerprint density at radius 2 is 2.00 bits per heavy atom. The van der Waals surface area contributed by atoms with E-state index in [1.54, 1.807) is 0 Å². The zero-order valence-corrected chi connectivity index (χ0v) is 12.7. The quantitative estimate of drug-likeness (QED) is 0.853. The number of piperidine rings is 3. The molecule has 2 atom stereocenters. The average Bonchev–Trinajstić information content (AvgIpc) is 2.82. The van der Waals surface area contributed by atoms with Crippen molar-refractivity contribution in [1.82, 2.24) is 9.47 Å². The van der Waals surface area contributed by atoms with Crippen molar-refractivity contribution in [2.75, 3.05) is 19.6 Å². The second-order valence-corrected chi connectivity index (χ2v) is 7.89. The summed E-state index contributed by atoms with van der Waals surface area (Å²) in [5.41, 5.74) is 2.82. The fourth-order valence-corrected chi connectivity index (χ4v) is 4.71. The van der Waals surface area contributed by atoms with Crippen molar-refractivity contribution in [2.24, 2.45) is 11.3 Å². The third-order valence-corrected chi connectivity index (χ3v) is 5.79. The molecule has 20 heavy (non-hydrogen) atoms. The molecule has 0 spiro atoms. The molecule has 3 saturated heterocycles. The van der Waals surface area contributed by atoms with Gasteiger partial charge in [0.25, 0.3) is 0 Å². The fourth-order valence-electron chi connectivity index (χ4n) is 4.71. The van der Waals surface area contributed by atoms with Gasteiger partial charge >= 0.3 is 0 Å². The molecule has 5 rings (SSSR count). The number of hydrogen-bond donors (Lipinski definition) is 1. The molecule has 2 bridgehead atoms. The number of hydrogen-bond acceptors (Lipinski definition) is 2. The standard InChI is InChI=1S/C17H26N2O/c1-17(2)9-14-13(16(20)10-17)5-8-19(14)15-11-18-6-3-12(15)4-7-18/h5,8,12,15-16,20H,3-4,6-7,9-11H2,1-2H3. The lowest BCUT2D eigenvalue weighted by atomic mass is 9.75. The van der Waals surface area contributed by atoms with E-state index in [1.807, 2.05) is 0 Å². The summed E-state index contributed by atoms with van der Waals surface area (Å²) in [7, 11) is 0. The summed E-state index contributed by atoms with van der Waals surface area (Å²) in [6.07, 6.45) is 6.69. The summed E-state index contributed by atoms with van der Waals surface area (Å²) in [4.78, 5) is 2.61. The van der Waals surface area contributed by atoms with Crippen molar-refractivity contribution >= 4 is 0 Å². The largest absolute Gasteiger partial charge is 0.388 e. The maximum absolute atomic E-state index is 10.4. The molecule has 3 fully saturated rings. The second-order valence-electron chi connectivity index (χ2n) is 7.89. The summed E-state index contributed by atoms with van der Waals surface area (Å²) in [6, 6.07) is 2.81. The van der Waals surface area contributed by atoms with E-state index in [0.29, 0.717) is 6.04 Å². The third kappa shape index (κ3) is 1.94. The highest BCUT2D eigenvalue weighted by Gasteiger charge is 2.39. The van der Waals surface area contributed by atoms with E-state index >= 15 is 0 Å². The van der Waals surface area contributed by atoms with Gasteiger partial charge in [0, 0.05) is 30.0 Å². The normalized spacial score (nSPS) is 38.8. The number of aliphatic hydroxyl groups is 1. The van der Waals surface area contributed by atoms with Crippen molar-refractivity contribution in [3.05, 3.63) is 23.5 Å². The molecule has 1 aromatic heterocycles. The van der Waals surface area contributed by atoms with Crippen LogP contribution in [0.4, 0.5) is 0 Å². The van der Waals surface area contributed by atoms with Crippen LogP contribution in [-0.4, -0.2) is 34.2 Å². The Labute approximate surface area is 121 Å². The van der Waals surface area contributed by atoms with Crippen molar-refractivity contribution in [3.8, 4) is 0 Å². The Balaban J connectivity index is 1.70. The fraction of sp³-hybridized carbons (Fsp3) is 0.765. The van der Waals surface area contributed by atoms with Crippen LogP contribution in [0.5, 0.6) is 0 Å². The van der Waals surface area contributed by atoms with Gasteiger partial charge in [0.2, 0.25) is 0 Å². The summed E-state index contributed by atoms with van der Waals surface area (Å²) >= 11 is 0. The molecule has 0 radical (unpaired) electrons. The number of aliphatic hydroxyl groups excluding tert-OH is 1. The first-order valence-corrected chi connectivity index (χ1v) is 8.13. The lowest BCUT2D eigenvalue weighted by molar-refractivity contribution is 0.0517. The van der Waals surface area contributed by atoms with E-state index in [4.69, 9.17) is 0 Å². The molecule has 0 amide bonds. The molecule has 4 heterocycles. The van der Waals surface area contributed by atoms with Gasteiger partial charge in [0.15, 0.2) is 0 Å². The van der Waals surface area contributed by atoms with Gasteiger partial charge in [0.05, 0.1) is 6.10 Å². The van der Waals surface area contributed by atoms with Crippen LogP contribution in [0.1, 0.15) is 56.5 Å². The minimum atomic E-state index is -0.268. The molecule has 3 nitrogen and oxygen atoms in total. The van der Waals surface area contributed by atoms with E-state index < -0.39 is 0 Å². The molecule has 1 aromatic rings. The van der Waals surface area contributed by atoms with Gasteiger partial charge in [-0.1, -0.05) is 13.8 Å². The molecule has 110 valence electrons. The van der Waals surface area contributed by atoms with E-state index in [0.717, 1.165) is 18.8 Å². The zero-order valence-electron chi connectivity index (χ0n) is 12.7. The molecule has 4 aliphatic rings. The summed E-state index contributed by atoms with van der Waals surface area (Å²) in [5, 5.41) is 10.4. The van der Waals surface area contributed by atoms with Gasteiger partial charge < -0.3 is 14.6 Å². The van der Waals surface area contributed by atoms with Crippen molar-refractivity contribution in [1.29, 1.82) is 0 Å². The molecule has 0 saturated carbocycles. The van der Waals surface area contributed by atoms with Gasteiger partial charge in [-0.05, 0) is 56.2 Å². The van der Waals surface area contributed by atoms with Gasteiger partial charge in [-0.15, -0.1) is 0 Å². The van der Waals surface area contributed by atoms with Crippen LogP contribution < -0.4 is 0 Å². The molecule has 3 aliphatic heterocycles. The van der Waals surface area contributed by atoms with E-state index in [9.17, 15) is 5.11 Å². The molecule has 0 aromatic carbocycles. The third-order valence-electron chi connectivity index (χ3n) is 5.79. The summed E-state index contributed by atoms with van der Waals surface area (Å²) in [5.74, 6) is 0.846. The number of aromatic nitrogens is 1. The van der Waals surface area contributed by atoms with Gasteiger partial charge in [0.1, 0.15) is 0 Å². The van der Waals surface area contributed by atoms with E-state index in [1.165, 1.54) is 43.7 Å². The molecule has 1 N–H and O–H groups in total. The Bertz CT molecular complexity index is 511. The van der Waals surface area contributed by atoms with Crippen LogP contribution in [0.3, 0.4) is 0 Å². The van der Waals surface area contributed by atoms with Crippen molar-refractivity contribution < 1.29 is 5.11 Å². The van der Waals surface area contributed by atoms with Crippen LogP contribution in [0, 0.1) is 11.3 Å². The lowest BCUT2D eigenvalue weighted by Crippen LogP contribution is -2.48. The lowest BCUT2D eigenvalue weighted by Gasteiger charge is -2.46. The Morgan fingerprint density at radius 1 is 1.25 bits per heavy atom. The van der Waals surface area contributed by atoms with Crippen LogP contribution in [-0.2, 0) is 6.42 Å². The maximum atomic E-state index is 10.4. The van der Waals surface area contributed by atoms with Gasteiger partial charge in [-0.25, -0.2) is 0 Å². The van der Waals surface area contributed by atoms with Crippen LogP contribution in [0.15, 0.2) is 12.3 Å². The Kier molecular flexibility index (Phi) is 2.80. The zero-order chi connectivity index (χ0) is 13.9. The monoisotopic (exact) mass is 274 g/mol. The smallest absolute Gasteiger partial charge is 0.0812 e. The molecular formula is C17H26N2O. The van der Waals surface area contributed by atoms with Crippen LogP contribution in [0.25, 0.3) is 0 Å². The second kappa shape index (κ2) is 4.35. The predicted molar refractivity (Wildman–Crippen MR) is 79.7 cm³/mol. The minimum Gasteiger partial charge on any atom is -0.388 e. The first kappa shape index (κ1) is 12.9. The van der Waals surface area contributed by atoms with Crippen LogP contribution >= 0.6 is 0 Å². The van der Waals surface area contributed by atoms with Gasteiger partial charge in [-0.3, -0.25) is 0 Å². The molecule has 1 aliphatic carbocycles. The minimum absolute atomic E-state index is 0.219. The van der Waals surface area contributed by atoms with E-state index in [-0.39, 0.29) is 11.5 Å². The highest BCUT2D eigenvalue weighted by atomic mass is 16.3. The summed E-state index contributed by atoms with van der Waals surface area (Å²) < 4.78 is 2.52. The summed E-state index contributed by atoms with van der Waals surface area (Å²) in [6.45, 7) is 8.36. The van der Waals surface area contributed by atoms with Crippen LogP contribution in [0.2, 0.25) is 0 Å². The van der Waals surface area contributed by atoms with Crippen molar-refractivity contribution in [2.45, 2.75) is 51.7 Å². The van der Waals surface area contributed by atoms with Gasteiger partial charge in [-0.2, -0.15) is 0 Å². The molecule has 2 unspecified atom stereocenters. The molecule has 3 heteroatoms. The SMILES string of the molecule is CC1(C)Cc2c(ccn2C2CN3CCC2CC3)C(O)C1. The molecular weight excluding hydrogens is 248 g/mol. The maximum Gasteiger partial charge on any atom is 0.0812 e. The predicted octanol–water partition coefficient (Wildman–Crippen LogP) is 2.76. The Morgan fingerprint density at radius 3 is 2.65 bits per heavy atom. The highest BCUT2D eigenvalue weighted by molar-refractivity contribution is 5.30. The number of rotatable bonds is 1. The topological polar surface area (TPSA) is 28.4 Å². The number of fused-ring (bicyclic) bond motifs is 4. The average molecular weight is 274 g/mol. The Hall–Kier alpha value is -0.800.